The van der Waals surface area contributed by atoms with E-state index < -0.39 is 0 Å². The van der Waals surface area contributed by atoms with Gasteiger partial charge in [0.2, 0.25) is 0 Å². The Bertz CT molecular complexity index is 326. The third kappa shape index (κ3) is 2.03. The fourth-order valence-corrected chi connectivity index (χ4v) is 1.90. The number of benzene rings is 1. The summed E-state index contributed by atoms with van der Waals surface area (Å²) >= 11 is 0. The van der Waals surface area contributed by atoms with Crippen LogP contribution in [0.25, 0.3) is 0 Å². The van der Waals surface area contributed by atoms with E-state index in [0.29, 0.717) is 5.78 Å². The number of carbonyl (C=O) groups is 1. The minimum Gasteiger partial charge on any atom is -0.294 e. The van der Waals surface area contributed by atoms with Gasteiger partial charge in [0.05, 0.1) is 0 Å². The van der Waals surface area contributed by atoms with Crippen molar-refractivity contribution in [1.29, 1.82) is 0 Å². The summed E-state index contributed by atoms with van der Waals surface area (Å²) in [7, 11) is 0. The predicted octanol–water partition coefficient (Wildman–Crippen LogP) is 3.54. The first-order chi connectivity index (χ1) is 6.79. The normalized spacial score (nSPS) is 14.1. The Hall–Kier alpha value is -1.11. The maximum atomic E-state index is 11.5. The maximum absolute atomic E-state index is 11.5. The Kier molecular flexibility index (Phi) is 3.87. The molecule has 0 radical (unpaired) electrons. The lowest BCUT2D eigenvalue weighted by atomic mass is 9.88. The SMILES string of the molecule is CC.Cc1cccc2c1C(=O)CCC2. The van der Waals surface area contributed by atoms with Gasteiger partial charge in [-0.1, -0.05) is 32.0 Å². The quantitative estimate of drug-likeness (QED) is 0.611. The molecule has 0 unspecified atom stereocenters. The molecule has 0 saturated carbocycles. The van der Waals surface area contributed by atoms with Crippen molar-refractivity contribution in [1.82, 2.24) is 0 Å². The average Bonchev–Trinajstić information content (AvgIpc) is 2.21. The minimum absolute atomic E-state index is 0.328. The molecule has 0 aromatic heterocycles. The number of Topliss-reactive ketones (excluding diaryl/α,β-unsaturated/α-hetero) is 1. The number of fused-ring (bicyclic) bond motifs is 1. The Balaban J connectivity index is 0.000000461. The van der Waals surface area contributed by atoms with E-state index in [4.69, 9.17) is 0 Å². The lowest BCUT2D eigenvalue weighted by Crippen LogP contribution is -2.12. The predicted molar refractivity (Wildman–Crippen MR) is 59.8 cm³/mol. The van der Waals surface area contributed by atoms with Gasteiger partial charge in [-0.2, -0.15) is 0 Å². The molecule has 0 heterocycles. The Morgan fingerprint density at radius 1 is 1.14 bits per heavy atom. The van der Waals surface area contributed by atoms with E-state index in [9.17, 15) is 4.79 Å². The first-order valence-corrected chi connectivity index (χ1v) is 5.41. The summed E-state index contributed by atoms with van der Waals surface area (Å²) in [4.78, 5) is 11.5. The van der Waals surface area contributed by atoms with E-state index in [1.54, 1.807) is 0 Å². The fraction of sp³-hybridized carbons (Fsp3) is 0.462. The molecule has 0 saturated heterocycles. The Labute approximate surface area is 86.1 Å². The van der Waals surface area contributed by atoms with Gasteiger partial charge in [-0.05, 0) is 30.9 Å². The second kappa shape index (κ2) is 4.94. The van der Waals surface area contributed by atoms with Crippen LogP contribution in [0.3, 0.4) is 0 Å². The van der Waals surface area contributed by atoms with Gasteiger partial charge < -0.3 is 0 Å². The molecule has 0 aliphatic heterocycles. The summed E-state index contributed by atoms with van der Waals surface area (Å²) in [6.45, 7) is 6.02. The van der Waals surface area contributed by atoms with Gasteiger partial charge in [0, 0.05) is 12.0 Å². The number of aryl methyl sites for hydroxylation is 2. The van der Waals surface area contributed by atoms with E-state index in [1.165, 1.54) is 5.56 Å². The largest absolute Gasteiger partial charge is 0.294 e. The molecule has 0 amide bonds. The zero-order chi connectivity index (χ0) is 10.6. The van der Waals surface area contributed by atoms with Crippen LogP contribution < -0.4 is 0 Å². The van der Waals surface area contributed by atoms with Crippen LogP contribution in [0, 0.1) is 6.92 Å². The van der Waals surface area contributed by atoms with Crippen LogP contribution in [0.1, 0.15) is 48.2 Å². The molecule has 0 atom stereocenters. The van der Waals surface area contributed by atoms with Gasteiger partial charge in [0.25, 0.3) is 0 Å². The zero-order valence-corrected chi connectivity index (χ0v) is 9.26. The standard InChI is InChI=1S/C11H12O.C2H6/c1-8-4-2-5-9-6-3-7-10(12)11(8)9;1-2/h2,4-5H,3,6-7H2,1H3;1-2H3. The molecule has 1 aromatic rings. The molecule has 0 spiro atoms. The molecule has 14 heavy (non-hydrogen) atoms. The first-order valence-electron chi connectivity index (χ1n) is 5.41. The topological polar surface area (TPSA) is 17.1 Å². The molecule has 1 aromatic carbocycles. The van der Waals surface area contributed by atoms with Crippen LogP contribution in [0.15, 0.2) is 18.2 Å². The number of carbonyl (C=O) groups excluding carboxylic acids is 1. The van der Waals surface area contributed by atoms with Crippen molar-refractivity contribution in [3.05, 3.63) is 34.9 Å². The highest BCUT2D eigenvalue weighted by atomic mass is 16.1. The molecule has 76 valence electrons. The van der Waals surface area contributed by atoms with Crippen LogP contribution in [-0.4, -0.2) is 5.78 Å². The molecule has 0 bridgehead atoms. The van der Waals surface area contributed by atoms with E-state index >= 15 is 0 Å². The van der Waals surface area contributed by atoms with E-state index in [2.05, 4.69) is 6.07 Å². The van der Waals surface area contributed by atoms with Crippen LogP contribution >= 0.6 is 0 Å². The van der Waals surface area contributed by atoms with Crippen molar-refractivity contribution in [3.63, 3.8) is 0 Å². The summed E-state index contributed by atoms with van der Waals surface area (Å²) in [6, 6.07) is 6.12. The summed E-state index contributed by atoms with van der Waals surface area (Å²) in [5.41, 5.74) is 3.37. The minimum atomic E-state index is 0.328. The van der Waals surface area contributed by atoms with Crippen LogP contribution in [0.5, 0.6) is 0 Å². The van der Waals surface area contributed by atoms with Gasteiger partial charge in [-0.15, -0.1) is 0 Å². The molecule has 0 fully saturated rings. The Morgan fingerprint density at radius 3 is 2.50 bits per heavy atom. The molecular weight excluding hydrogens is 172 g/mol. The fourth-order valence-electron chi connectivity index (χ4n) is 1.90. The monoisotopic (exact) mass is 190 g/mol. The molecule has 2 rings (SSSR count). The van der Waals surface area contributed by atoms with Crippen molar-refractivity contribution in [2.45, 2.75) is 40.0 Å². The van der Waals surface area contributed by atoms with Crippen LogP contribution in [-0.2, 0) is 6.42 Å². The zero-order valence-electron chi connectivity index (χ0n) is 9.26. The summed E-state index contributed by atoms with van der Waals surface area (Å²) < 4.78 is 0. The van der Waals surface area contributed by atoms with Crippen LogP contribution in [0.2, 0.25) is 0 Å². The van der Waals surface area contributed by atoms with Gasteiger partial charge in [0.15, 0.2) is 5.78 Å². The molecule has 1 aliphatic carbocycles. The number of ketones is 1. The van der Waals surface area contributed by atoms with Crippen molar-refractivity contribution in [2.75, 3.05) is 0 Å². The van der Waals surface area contributed by atoms with E-state index in [-0.39, 0.29) is 0 Å². The molecular formula is C13H18O. The van der Waals surface area contributed by atoms with E-state index in [0.717, 1.165) is 30.4 Å². The number of rotatable bonds is 0. The second-order valence-electron chi connectivity index (χ2n) is 3.39. The highest BCUT2D eigenvalue weighted by Gasteiger charge is 2.17. The van der Waals surface area contributed by atoms with Crippen molar-refractivity contribution in [3.8, 4) is 0 Å². The highest BCUT2D eigenvalue weighted by Crippen LogP contribution is 2.23. The van der Waals surface area contributed by atoms with Gasteiger partial charge in [-0.25, -0.2) is 0 Å². The van der Waals surface area contributed by atoms with Gasteiger partial charge >= 0.3 is 0 Å². The van der Waals surface area contributed by atoms with Crippen molar-refractivity contribution >= 4 is 5.78 Å². The Morgan fingerprint density at radius 2 is 1.86 bits per heavy atom. The summed E-state index contributed by atoms with van der Waals surface area (Å²) in [5.74, 6) is 0.328. The smallest absolute Gasteiger partial charge is 0.163 e. The average molecular weight is 190 g/mol. The molecule has 1 aliphatic rings. The van der Waals surface area contributed by atoms with Crippen molar-refractivity contribution < 1.29 is 4.79 Å². The number of hydrogen-bond donors (Lipinski definition) is 0. The van der Waals surface area contributed by atoms with Gasteiger partial charge in [-0.3, -0.25) is 4.79 Å². The van der Waals surface area contributed by atoms with Gasteiger partial charge in [0.1, 0.15) is 0 Å². The second-order valence-corrected chi connectivity index (χ2v) is 3.39. The third-order valence-corrected chi connectivity index (χ3v) is 2.49. The molecule has 1 heteroatoms. The summed E-state index contributed by atoms with van der Waals surface area (Å²) in [6.07, 6.45) is 2.83. The van der Waals surface area contributed by atoms with Crippen molar-refractivity contribution in [2.24, 2.45) is 0 Å². The maximum Gasteiger partial charge on any atom is 0.163 e. The van der Waals surface area contributed by atoms with E-state index in [1.807, 2.05) is 32.9 Å². The number of hydrogen-bond acceptors (Lipinski definition) is 1. The lowest BCUT2D eigenvalue weighted by Gasteiger charge is -2.15. The third-order valence-electron chi connectivity index (χ3n) is 2.49. The van der Waals surface area contributed by atoms with Crippen LogP contribution in [0.4, 0.5) is 0 Å². The molecule has 1 nitrogen and oxygen atoms in total. The molecule has 0 N–H and O–H groups in total. The summed E-state index contributed by atoms with van der Waals surface area (Å²) in [5, 5.41) is 0. The first kappa shape index (κ1) is 11.0. The highest BCUT2D eigenvalue weighted by molar-refractivity contribution is 5.99. The lowest BCUT2D eigenvalue weighted by molar-refractivity contribution is 0.0972.